The van der Waals surface area contributed by atoms with Gasteiger partial charge in [-0.3, -0.25) is 14.7 Å². The summed E-state index contributed by atoms with van der Waals surface area (Å²) in [5.41, 5.74) is 6.73. The molecule has 1 aromatic rings. The van der Waals surface area contributed by atoms with E-state index in [9.17, 15) is 4.79 Å². The van der Waals surface area contributed by atoms with Gasteiger partial charge >= 0.3 is 0 Å². The van der Waals surface area contributed by atoms with Crippen LogP contribution in [0.1, 0.15) is 41.8 Å². The van der Waals surface area contributed by atoms with E-state index in [-0.39, 0.29) is 5.91 Å². The first-order valence-corrected chi connectivity index (χ1v) is 11.4. The number of halogens is 1. The van der Waals surface area contributed by atoms with Gasteiger partial charge in [0.25, 0.3) is 5.91 Å². The molecule has 0 N–H and O–H groups in total. The van der Waals surface area contributed by atoms with Crippen LogP contribution in [0.25, 0.3) is 5.57 Å². The smallest absolute Gasteiger partial charge is 0.253 e. The SMILES string of the molecule is C=C(/C=C(\C)C(C)N1CC=C(c2ccc(C(=O)N(C)C)cc2C)CC1)/C(Br)=C\C=NC. The lowest BCUT2D eigenvalue weighted by Gasteiger charge is -2.33. The molecule has 1 unspecified atom stereocenters. The van der Waals surface area contributed by atoms with Crippen LogP contribution in [0.3, 0.4) is 0 Å². The molecular weight excluding hydrogens is 450 g/mol. The number of rotatable bonds is 7. The van der Waals surface area contributed by atoms with Crippen LogP contribution in [-0.4, -0.2) is 62.2 Å². The van der Waals surface area contributed by atoms with Gasteiger partial charge in [0, 0.05) is 56.5 Å². The van der Waals surface area contributed by atoms with E-state index in [4.69, 9.17) is 0 Å². The largest absolute Gasteiger partial charge is 0.345 e. The van der Waals surface area contributed by atoms with E-state index in [0.717, 1.165) is 40.7 Å². The highest BCUT2D eigenvalue weighted by Gasteiger charge is 2.20. The molecule has 0 saturated heterocycles. The number of carbonyl (C=O) groups is 1. The summed E-state index contributed by atoms with van der Waals surface area (Å²) in [7, 11) is 5.32. The fourth-order valence-corrected chi connectivity index (χ4v) is 3.93. The molecule has 0 aliphatic carbocycles. The van der Waals surface area contributed by atoms with Gasteiger partial charge in [-0.15, -0.1) is 0 Å². The Bertz CT molecular complexity index is 953. The molecular formula is C26H34BrN3O. The highest BCUT2D eigenvalue weighted by molar-refractivity contribution is 9.12. The average molecular weight is 484 g/mol. The van der Waals surface area contributed by atoms with Gasteiger partial charge in [0.05, 0.1) is 0 Å². The summed E-state index contributed by atoms with van der Waals surface area (Å²) in [5.74, 6) is 0.0413. The molecule has 166 valence electrons. The Morgan fingerprint density at radius 2 is 2.06 bits per heavy atom. The molecule has 0 spiro atoms. The molecule has 1 aliphatic rings. The number of hydrogen-bond acceptors (Lipinski definition) is 3. The lowest BCUT2D eigenvalue weighted by molar-refractivity contribution is 0.0827. The molecule has 4 nitrogen and oxygen atoms in total. The quantitative estimate of drug-likeness (QED) is 0.370. The monoisotopic (exact) mass is 483 g/mol. The molecule has 1 aromatic carbocycles. The fourth-order valence-electron chi connectivity index (χ4n) is 3.70. The predicted molar refractivity (Wildman–Crippen MR) is 137 cm³/mol. The molecule has 0 radical (unpaired) electrons. The van der Waals surface area contributed by atoms with Crippen LogP contribution in [0.15, 0.2) is 63.6 Å². The molecule has 1 heterocycles. The van der Waals surface area contributed by atoms with Crippen molar-refractivity contribution in [2.24, 2.45) is 4.99 Å². The summed E-state index contributed by atoms with van der Waals surface area (Å²) in [4.78, 5) is 20.3. The first kappa shape index (κ1) is 25.0. The van der Waals surface area contributed by atoms with Crippen LogP contribution in [-0.2, 0) is 0 Å². The van der Waals surface area contributed by atoms with Crippen molar-refractivity contribution in [2.45, 2.75) is 33.2 Å². The van der Waals surface area contributed by atoms with Crippen molar-refractivity contribution >= 4 is 33.6 Å². The molecule has 31 heavy (non-hydrogen) atoms. The normalized spacial score (nSPS) is 16.9. The average Bonchev–Trinajstić information content (AvgIpc) is 2.76. The summed E-state index contributed by atoms with van der Waals surface area (Å²) in [6.45, 7) is 12.6. The van der Waals surface area contributed by atoms with Gasteiger partial charge in [0.2, 0.25) is 0 Å². The molecule has 5 heteroatoms. The molecule has 1 aliphatic heterocycles. The van der Waals surface area contributed by atoms with Gasteiger partial charge in [-0.05, 0) is 67.7 Å². The Labute approximate surface area is 195 Å². The number of nitrogens with zero attached hydrogens (tertiary/aromatic N) is 3. The number of allylic oxidation sites excluding steroid dienone is 4. The standard InChI is InChI=1S/C26H34BrN3O/c1-18(16-20(3)25(27)10-13-28-5)21(4)30-14-11-22(12-15-30)24-9-8-23(17-19(24)2)26(31)29(6)7/h8-11,13,16-17,21H,3,12,14-15H2,1-2,4-7H3/b18-16+,25-10+,28-13?. The van der Waals surface area contributed by atoms with Crippen molar-refractivity contribution in [1.82, 2.24) is 9.80 Å². The number of hydrogen-bond donors (Lipinski definition) is 0. The first-order chi connectivity index (χ1) is 14.6. The molecule has 2 rings (SSSR count). The maximum absolute atomic E-state index is 12.2. The minimum atomic E-state index is 0.0413. The summed E-state index contributed by atoms with van der Waals surface area (Å²) in [6.07, 6.45) is 9.12. The predicted octanol–water partition coefficient (Wildman–Crippen LogP) is 5.66. The van der Waals surface area contributed by atoms with Gasteiger partial charge < -0.3 is 4.90 Å². The van der Waals surface area contributed by atoms with Crippen LogP contribution in [0.5, 0.6) is 0 Å². The summed E-state index contributed by atoms with van der Waals surface area (Å²) >= 11 is 3.56. The lowest BCUT2D eigenvalue weighted by Crippen LogP contribution is -2.37. The minimum absolute atomic E-state index is 0.0413. The van der Waals surface area contributed by atoms with E-state index < -0.39 is 0 Å². The summed E-state index contributed by atoms with van der Waals surface area (Å²) in [5, 5.41) is 0. The maximum atomic E-state index is 12.2. The number of benzene rings is 1. The number of aryl methyl sites for hydroxylation is 1. The second-order valence-corrected chi connectivity index (χ2v) is 9.07. The lowest BCUT2D eigenvalue weighted by atomic mass is 9.93. The zero-order chi connectivity index (χ0) is 23.1. The Hall–Kier alpha value is -2.24. The van der Waals surface area contributed by atoms with Crippen LogP contribution >= 0.6 is 15.9 Å². The van der Waals surface area contributed by atoms with Crippen LogP contribution in [0, 0.1) is 6.92 Å². The highest BCUT2D eigenvalue weighted by Crippen LogP contribution is 2.28. The molecule has 0 aromatic heterocycles. The van der Waals surface area contributed by atoms with E-state index in [0.29, 0.717) is 6.04 Å². The third-order valence-electron chi connectivity index (χ3n) is 5.75. The number of aliphatic imine (C=N–C) groups is 1. The van der Waals surface area contributed by atoms with Gasteiger partial charge in [0.15, 0.2) is 0 Å². The van der Waals surface area contributed by atoms with Crippen molar-refractivity contribution in [3.8, 4) is 0 Å². The Morgan fingerprint density at radius 3 is 2.61 bits per heavy atom. The minimum Gasteiger partial charge on any atom is -0.345 e. The van der Waals surface area contributed by atoms with Crippen molar-refractivity contribution in [2.75, 3.05) is 34.2 Å². The first-order valence-electron chi connectivity index (χ1n) is 10.6. The Balaban J connectivity index is 2.10. The Morgan fingerprint density at radius 1 is 1.35 bits per heavy atom. The topological polar surface area (TPSA) is 35.9 Å². The molecule has 0 fully saturated rings. The highest BCUT2D eigenvalue weighted by atomic mass is 79.9. The van der Waals surface area contributed by atoms with Gasteiger partial charge in [-0.25, -0.2) is 0 Å². The zero-order valence-electron chi connectivity index (χ0n) is 19.6. The van der Waals surface area contributed by atoms with E-state index in [1.54, 1.807) is 32.3 Å². The van der Waals surface area contributed by atoms with Gasteiger partial charge in [-0.2, -0.15) is 0 Å². The van der Waals surface area contributed by atoms with Crippen LogP contribution in [0.4, 0.5) is 0 Å². The van der Waals surface area contributed by atoms with Gasteiger partial charge in [0.1, 0.15) is 0 Å². The number of carbonyl (C=O) groups excluding carboxylic acids is 1. The third kappa shape index (κ3) is 6.62. The van der Waals surface area contributed by atoms with Crippen molar-refractivity contribution < 1.29 is 4.79 Å². The van der Waals surface area contributed by atoms with E-state index in [2.05, 4.69) is 71.4 Å². The van der Waals surface area contributed by atoms with E-state index in [1.807, 2.05) is 18.2 Å². The molecule has 1 atom stereocenters. The second-order valence-electron chi connectivity index (χ2n) is 8.22. The number of amides is 1. The third-order valence-corrected chi connectivity index (χ3v) is 6.52. The van der Waals surface area contributed by atoms with Crippen molar-refractivity contribution in [3.05, 3.63) is 75.3 Å². The zero-order valence-corrected chi connectivity index (χ0v) is 21.2. The van der Waals surface area contributed by atoms with E-state index >= 15 is 0 Å². The van der Waals surface area contributed by atoms with Crippen molar-refractivity contribution in [3.63, 3.8) is 0 Å². The van der Waals surface area contributed by atoms with Crippen LogP contribution in [0.2, 0.25) is 0 Å². The van der Waals surface area contributed by atoms with Gasteiger partial charge in [-0.1, -0.05) is 46.3 Å². The summed E-state index contributed by atoms with van der Waals surface area (Å²) in [6, 6.07) is 6.36. The molecule has 0 saturated carbocycles. The summed E-state index contributed by atoms with van der Waals surface area (Å²) < 4.78 is 0.942. The van der Waals surface area contributed by atoms with E-state index in [1.165, 1.54) is 16.7 Å². The van der Waals surface area contributed by atoms with Crippen LogP contribution < -0.4 is 0 Å². The Kier molecular flexibility index (Phi) is 9.20. The molecule has 0 bridgehead atoms. The van der Waals surface area contributed by atoms with Crippen molar-refractivity contribution in [1.29, 1.82) is 0 Å². The molecule has 1 amide bonds. The fraction of sp³-hybridized carbons (Fsp3) is 0.385. The maximum Gasteiger partial charge on any atom is 0.253 e. The second kappa shape index (κ2) is 11.4.